The monoisotopic (exact) mass is 389 g/mol. The number of benzene rings is 2. The number of carbonyl (C=O) groups excluding carboxylic acids is 3. The van der Waals surface area contributed by atoms with E-state index in [-0.39, 0.29) is 29.8 Å². The lowest BCUT2D eigenvalue weighted by Gasteiger charge is -2.31. The first kappa shape index (κ1) is 17.3. The number of urea groups is 1. The molecule has 2 aliphatic rings. The number of amides is 4. The first-order chi connectivity index (χ1) is 12.8. The van der Waals surface area contributed by atoms with E-state index in [1.54, 1.807) is 0 Å². The van der Waals surface area contributed by atoms with E-state index in [2.05, 4.69) is 10.6 Å². The molecule has 138 valence electrons. The zero-order valence-corrected chi connectivity index (χ0v) is 14.5. The molecule has 4 amide bonds. The molecule has 1 saturated heterocycles. The standard InChI is InChI=1S/C18H13ClFN3O4/c19-13-6-12-9(5-14(13)24)7-23(15(12)25)8-18(16(26)21-17(27)22-18)10-1-3-11(20)4-2-10/h1-6,24H,7-8H2,(H2,21,22,26,27). The van der Waals surface area contributed by atoms with Gasteiger partial charge in [0, 0.05) is 12.1 Å². The van der Waals surface area contributed by atoms with Crippen molar-refractivity contribution < 1.29 is 23.9 Å². The van der Waals surface area contributed by atoms with Crippen molar-refractivity contribution in [2.45, 2.75) is 12.1 Å². The number of nitrogens with one attached hydrogen (secondary N) is 2. The van der Waals surface area contributed by atoms with Crippen LogP contribution in [0.25, 0.3) is 0 Å². The Morgan fingerprint density at radius 2 is 1.89 bits per heavy atom. The lowest BCUT2D eigenvalue weighted by Crippen LogP contribution is -2.52. The molecule has 7 nitrogen and oxygen atoms in total. The fraction of sp³-hybridized carbons (Fsp3) is 0.167. The maximum absolute atomic E-state index is 13.3. The molecular weight excluding hydrogens is 377 g/mol. The third kappa shape index (κ3) is 2.69. The molecule has 1 unspecified atom stereocenters. The van der Waals surface area contributed by atoms with Crippen LogP contribution in [0, 0.1) is 5.82 Å². The summed E-state index contributed by atoms with van der Waals surface area (Å²) in [6.07, 6.45) is 0. The SMILES string of the molecule is O=C1NC(=O)C(CN2Cc3cc(O)c(Cl)cc3C2=O)(c2ccc(F)cc2)N1. The number of fused-ring (bicyclic) bond motifs is 1. The molecule has 2 aromatic rings. The highest BCUT2D eigenvalue weighted by molar-refractivity contribution is 6.32. The highest BCUT2D eigenvalue weighted by Gasteiger charge is 2.50. The summed E-state index contributed by atoms with van der Waals surface area (Å²) in [6, 6.07) is 7.18. The van der Waals surface area contributed by atoms with Gasteiger partial charge in [-0.2, -0.15) is 0 Å². The number of hydrogen-bond donors (Lipinski definition) is 3. The molecule has 1 fully saturated rings. The van der Waals surface area contributed by atoms with Gasteiger partial charge in [-0.25, -0.2) is 9.18 Å². The summed E-state index contributed by atoms with van der Waals surface area (Å²) in [5.74, 6) is -1.66. The number of phenolic OH excluding ortho intramolecular Hbond substituents is 1. The second-order valence-electron chi connectivity index (χ2n) is 6.44. The predicted octanol–water partition coefficient (Wildman–Crippen LogP) is 1.88. The van der Waals surface area contributed by atoms with Crippen molar-refractivity contribution in [2.24, 2.45) is 0 Å². The van der Waals surface area contributed by atoms with Crippen molar-refractivity contribution in [3.8, 4) is 5.75 Å². The molecule has 27 heavy (non-hydrogen) atoms. The van der Waals surface area contributed by atoms with Crippen LogP contribution in [0.1, 0.15) is 21.5 Å². The minimum atomic E-state index is -1.55. The first-order valence-electron chi connectivity index (χ1n) is 8.00. The van der Waals surface area contributed by atoms with Crippen LogP contribution in [0.4, 0.5) is 9.18 Å². The van der Waals surface area contributed by atoms with Crippen molar-refractivity contribution in [3.05, 3.63) is 63.9 Å². The Balaban J connectivity index is 1.72. The van der Waals surface area contributed by atoms with Crippen LogP contribution >= 0.6 is 11.6 Å². The normalized spacial score (nSPS) is 21.3. The molecule has 9 heteroatoms. The van der Waals surface area contributed by atoms with E-state index in [0.29, 0.717) is 16.7 Å². The number of carbonyl (C=O) groups is 3. The van der Waals surface area contributed by atoms with Gasteiger partial charge in [-0.1, -0.05) is 23.7 Å². The van der Waals surface area contributed by atoms with Crippen LogP contribution in [-0.4, -0.2) is 34.4 Å². The summed E-state index contributed by atoms with van der Waals surface area (Å²) in [6.45, 7) is -0.0346. The summed E-state index contributed by atoms with van der Waals surface area (Å²) < 4.78 is 13.3. The lowest BCUT2D eigenvalue weighted by atomic mass is 9.89. The van der Waals surface area contributed by atoms with Gasteiger partial charge in [0.25, 0.3) is 11.8 Å². The van der Waals surface area contributed by atoms with Gasteiger partial charge in [-0.05, 0) is 35.4 Å². The topological polar surface area (TPSA) is 98.7 Å². The third-order valence-corrected chi connectivity index (χ3v) is 5.06. The van der Waals surface area contributed by atoms with Gasteiger partial charge in [-0.3, -0.25) is 14.9 Å². The number of aromatic hydroxyl groups is 1. The average molecular weight is 390 g/mol. The van der Waals surface area contributed by atoms with E-state index < -0.39 is 23.3 Å². The Bertz CT molecular complexity index is 995. The summed E-state index contributed by atoms with van der Waals surface area (Å²) >= 11 is 5.88. The molecule has 0 bridgehead atoms. The maximum atomic E-state index is 13.3. The van der Waals surface area contributed by atoms with Gasteiger partial charge in [0.2, 0.25) is 0 Å². The van der Waals surface area contributed by atoms with Gasteiger partial charge in [0.15, 0.2) is 5.54 Å². The number of phenols is 1. The third-order valence-electron chi connectivity index (χ3n) is 4.76. The van der Waals surface area contributed by atoms with Crippen molar-refractivity contribution in [3.63, 3.8) is 0 Å². The van der Waals surface area contributed by atoms with Crippen LogP contribution < -0.4 is 10.6 Å². The van der Waals surface area contributed by atoms with E-state index in [1.807, 2.05) is 0 Å². The Labute approximate surface area is 157 Å². The quantitative estimate of drug-likeness (QED) is 0.698. The van der Waals surface area contributed by atoms with E-state index in [9.17, 15) is 23.9 Å². The Kier molecular flexibility index (Phi) is 3.81. The zero-order chi connectivity index (χ0) is 19.3. The molecule has 0 saturated carbocycles. The van der Waals surface area contributed by atoms with Crippen LogP contribution in [0.15, 0.2) is 36.4 Å². The number of rotatable bonds is 3. The summed E-state index contributed by atoms with van der Waals surface area (Å²) in [4.78, 5) is 38.5. The first-order valence-corrected chi connectivity index (χ1v) is 8.38. The lowest BCUT2D eigenvalue weighted by molar-refractivity contribution is -0.124. The second kappa shape index (κ2) is 5.95. The minimum absolute atomic E-state index is 0.0455. The Morgan fingerprint density at radius 1 is 1.19 bits per heavy atom. The molecule has 4 rings (SSSR count). The zero-order valence-electron chi connectivity index (χ0n) is 13.8. The second-order valence-corrected chi connectivity index (χ2v) is 6.85. The molecule has 0 aromatic heterocycles. The van der Waals surface area contributed by atoms with Gasteiger partial charge >= 0.3 is 6.03 Å². The molecule has 2 heterocycles. The van der Waals surface area contributed by atoms with E-state index in [0.717, 1.165) is 0 Å². The highest BCUT2D eigenvalue weighted by atomic mass is 35.5. The molecule has 2 aromatic carbocycles. The van der Waals surface area contributed by atoms with Crippen molar-refractivity contribution in [1.29, 1.82) is 0 Å². The molecule has 3 N–H and O–H groups in total. The van der Waals surface area contributed by atoms with Crippen LogP contribution in [0.2, 0.25) is 5.02 Å². The van der Waals surface area contributed by atoms with E-state index in [1.165, 1.54) is 41.3 Å². The molecule has 1 atom stereocenters. The molecule has 2 aliphatic heterocycles. The average Bonchev–Trinajstić information content (AvgIpc) is 3.06. The summed E-state index contributed by atoms with van der Waals surface area (Å²) in [7, 11) is 0. The smallest absolute Gasteiger partial charge is 0.322 e. The van der Waals surface area contributed by atoms with Gasteiger partial charge in [0.05, 0.1) is 11.6 Å². The number of imide groups is 1. The highest BCUT2D eigenvalue weighted by Crippen LogP contribution is 2.35. The number of hydrogen-bond acceptors (Lipinski definition) is 4. The van der Waals surface area contributed by atoms with Crippen molar-refractivity contribution in [2.75, 3.05) is 6.54 Å². The Morgan fingerprint density at radius 3 is 2.52 bits per heavy atom. The summed E-state index contributed by atoms with van der Waals surface area (Å²) in [5, 5.41) is 14.5. The van der Waals surface area contributed by atoms with Crippen LogP contribution in [0.5, 0.6) is 5.75 Å². The van der Waals surface area contributed by atoms with Gasteiger partial charge in [0.1, 0.15) is 11.6 Å². The Hall–Kier alpha value is -3.13. The molecule has 0 spiro atoms. The van der Waals surface area contributed by atoms with Crippen LogP contribution in [-0.2, 0) is 16.9 Å². The minimum Gasteiger partial charge on any atom is -0.506 e. The largest absolute Gasteiger partial charge is 0.506 e. The number of nitrogens with zero attached hydrogens (tertiary/aromatic N) is 1. The van der Waals surface area contributed by atoms with Crippen molar-refractivity contribution in [1.82, 2.24) is 15.5 Å². The van der Waals surface area contributed by atoms with Crippen LogP contribution in [0.3, 0.4) is 0 Å². The fourth-order valence-corrected chi connectivity index (χ4v) is 3.59. The van der Waals surface area contributed by atoms with Gasteiger partial charge < -0.3 is 15.3 Å². The fourth-order valence-electron chi connectivity index (χ4n) is 3.43. The predicted molar refractivity (Wildman–Crippen MR) is 92.6 cm³/mol. The maximum Gasteiger partial charge on any atom is 0.322 e. The molecular formula is C18H13ClFN3O4. The summed E-state index contributed by atoms with van der Waals surface area (Å²) in [5.41, 5.74) is -0.330. The molecule has 0 radical (unpaired) electrons. The van der Waals surface area contributed by atoms with Crippen molar-refractivity contribution >= 4 is 29.4 Å². The van der Waals surface area contributed by atoms with E-state index >= 15 is 0 Å². The molecule has 0 aliphatic carbocycles. The van der Waals surface area contributed by atoms with E-state index in [4.69, 9.17) is 11.6 Å². The number of halogens is 2. The van der Waals surface area contributed by atoms with Gasteiger partial charge in [-0.15, -0.1) is 0 Å².